The largest absolute Gasteiger partial charge is 0.396 e. The van der Waals surface area contributed by atoms with Gasteiger partial charge in [-0.15, -0.1) is 0 Å². The summed E-state index contributed by atoms with van der Waals surface area (Å²) in [5, 5.41) is 3.22. The van der Waals surface area contributed by atoms with E-state index < -0.39 is 0 Å². The molecule has 0 saturated heterocycles. The molecule has 0 atom stereocenters. The van der Waals surface area contributed by atoms with Crippen LogP contribution in [0.25, 0.3) is 0 Å². The van der Waals surface area contributed by atoms with Gasteiger partial charge in [-0.2, -0.15) is 0 Å². The molecule has 0 aromatic carbocycles. The number of hydrogen-bond donors (Lipinski definition) is 2. The summed E-state index contributed by atoms with van der Waals surface area (Å²) in [6.07, 6.45) is 5.38. The van der Waals surface area contributed by atoms with Crippen molar-refractivity contribution in [2.75, 3.05) is 17.6 Å². The van der Waals surface area contributed by atoms with E-state index in [4.69, 9.17) is 5.73 Å². The molecule has 3 nitrogen and oxygen atoms in total. The summed E-state index contributed by atoms with van der Waals surface area (Å²) < 4.78 is 0.911. The van der Waals surface area contributed by atoms with Crippen LogP contribution in [0.15, 0.2) is 16.7 Å². The number of halogens is 1. The fraction of sp³-hybridized carbons (Fsp3) is 0.500. The summed E-state index contributed by atoms with van der Waals surface area (Å²) in [6.45, 7) is 3.12. The van der Waals surface area contributed by atoms with Crippen molar-refractivity contribution in [3.8, 4) is 0 Å². The third-order valence-corrected chi connectivity index (χ3v) is 2.39. The first-order valence-electron chi connectivity index (χ1n) is 4.89. The molecule has 0 saturated carbocycles. The van der Waals surface area contributed by atoms with Crippen LogP contribution >= 0.6 is 15.9 Å². The summed E-state index contributed by atoms with van der Waals surface area (Å²) in [5.41, 5.74) is 6.47. The predicted octanol–water partition coefficient (Wildman–Crippen LogP) is 3.03. The standard InChI is InChI=1S/C10H16BrN3/c1-2-3-4-5-13-10-9(12)6-8(11)7-14-10/h6-7H,2-5,12H2,1H3,(H,13,14). The number of nitrogens with zero attached hydrogens (tertiary/aromatic N) is 1. The summed E-state index contributed by atoms with van der Waals surface area (Å²) in [5.74, 6) is 0.782. The lowest BCUT2D eigenvalue weighted by Gasteiger charge is -2.07. The number of anilines is 2. The van der Waals surface area contributed by atoms with Gasteiger partial charge < -0.3 is 11.1 Å². The third kappa shape index (κ3) is 3.54. The van der Waals surface area contributed by atoms with E-state index in [-0.39, 0.29) is 0 Å². The Morgan fingerprint density at radius 3 is 2.93 bits per heavy atom. The Morgan fingerprint density at radius 1 is 1.50 bits per heavy atom. The SMILES string of the molecule is CCCCCNc1ncc(Br)cc1N. The lowest BCUT2D eigenvalue weighted by molar-refractivity contribution is 0.742. The highest BCUT2D eigenvalue weighted by molar-refractivity contribution is 9.10. The first-order chi connectivity index (χ1) is 6.74. The summed E-state index contributed by atoms with van der Waals surface area (Å²) in [6, 6.07) is 1.86. The molecule has 0 amide bonds. The van der Waals surface area contributed by atoms with Crippen LogP contribution in [0.3, 0.4) is 0 Å². The van der Waals surface area contributed by atoms with Gasteiger partial charge in [0, 0.05) is 17.2 Å². The topological polar surface area (TPSA) is 50.9 Å². The van der Waals surface area contributed by atoms with E-state index in [1.54, 1.807) is 6.20 Å². The number of nitrogens with two attached hydrogens (primary N) is 1. The van der Waals surface area contributed by atoms with Crippen molar-refractivity contribution in [3.63, 3.8) is 0 Å². The van der Waals surface area contributed by atoms with Gasteiger partial charge in [-0.1, -0.05) is 19.8 Å². The van der Waals surface area contributed by atoms with Crippen molar-refractivity contribution in [1.82, 2.24) is 4.98 Å². The van der Waals surface area contributed by atoms with Crippen molar-refractivity contribution >= 4 is 27.4 Å². The molecule has 1 heterocycles. The van der Waals surface area contributed by atoms with Gasteiger partial charge >= 0.3 is 0 Å². The number of aromatic nitrogens is 1. The van der Waals surface area contributed by atoms with Gasteiger partial charge in [0.05, 0.1) is 5.69 Å². The molecule has 1 aromatic rings. The van der Waals surface area contributed by atoms with Crippen molar-refractivity contribution < 1.29 is 0 Å². The summed E-state index contributed by atoms with van der Waals surface area (Å²) >= 11 is 3.32. The molecule has 0 fully saturated rings. The molecule has 0 unspecified atom stereocenters. The molecular formula is C10H16BrN3. The fourth-order valence-corrected chi connectivity index (χ4v) is 1.53. The van der Waals surface area contributed by atoms with Gasteiger partial charge in [0.1, 0.15) is 5.82 Å². The molecule has 1 aromatic heterocycles. The summed E-state index contributed by atoms with van der Waals surface area (Å²) in [4.78, 5) is 4.19. The number of rotatable bonds is 5. The molecule has 0 bridgehead atoms. The molecule has 0 spiro atoms. The highest BCUT2D eigenvalue weighted by atomic mass is 79.9. The van der Waals surface area contributed by atoms with Gasteiger partial charge in [-0.3, -0.25) is 0 Å². The second-order valence-corrected chi connectivity index (χ2v) is 4.14. The lowest BCUT2D eigenvalue weighted by atomic mass is 10.2. The molecule has 0 radical (unpaired) electrons. The molecule has 14 heavy (non-hydrogen) atoms. The van der Waals surface area contributed by atoms with Crippen LogP contribution in [0.1, 0.15) is 26.2 Å². The van der Waals surface area contributed by atoms with E-state index in [0.29, 0.717) is 5.69 Å². The maximum absolute atomic E-state index is 5.78. The Kier molecular flexibility index (Phi) is 4.73. The maximum atomic E-state index is 5.78. The molecule has 0 aliphatic heterocycles. The van der Waals surface area contributed by atoms with Crippen molar-refractivity contribution in [3.05, 3.63) is 16.7 Å². The van der Waals surface area contributed by atoms with Gasteiger partial charge in [0.2, 0.25) is 0 Å². The van der Waals surface area contributed by atoms with E-state index in [2.05, 4.69) is 33.2 Å². The Morgan fingerprint density at radius 2 is 2.29 bits per heavy atom. The zero-order valence-electron chi connectivity index (χ0n) is 8.39. The third-order valence-electron chi connectivity index (χ3n) is 1.96. The van der Waals surface area contributed by atoms with E-state index in [9.17, 15) is 0 Å². The Bertz CT molecular complexity index is 289. The quantitative estimate of drug-likeness (QED) is 0.798. The van der Waals surface area contributed by atoms with Gasteiger partial charge in [-0.05, 0) is 28.4 Å². The molecule has 1 rings (SSSR count). The Hall–Kier alpha value is -0.770. The molecule has 0 aliphatic carbocycles. The minimum absolute atomic E-state index is 0.691. The van der Waals surface area contributed by atoms with Gasteiger partial charge in [-0.25, -0.2) is 4.98 Å². The fourth-order valence-electron chi connectivity index (χ4n) is 1.18. The maximum Gasteiger partial charge on any atom is 0.149 e. The second-order valence-electron chi connectivity index (χ2n) is 3.23. The molecular weight excluding hydrogens is 242 g/mol. The van der Waals surface area contributed by atoms with E-state index in [1.807, 2.05) is 6.07 Å². The number of nitrogen functional groups attached to an aromatic ring is 1. The minimum atomic E-state index is 0.691. The number of pyridine rings is 1. The molecule has 78 valence electrons. The minimum Gasteiger partial charge on any atom is -0.396 e. The summed E-state index contributed by atoms with van der Waals surface area (Å²) in [7, 11) is 0. The Labute approximate surface area is 93.2 Å². The highest BCUT2D eigenvalue weighted by Gasteiger charge is 1.99. The second kappa shape index (κ2) is 5.86. The van der Waals surface area contributed by atoms with Crippen molar-refractivity contribution in [1.29, 1.82) is 0 Å². The Balaban J connectivity index is 2.42. The predicted molar refractivity (Wildman–Crippen MR) is 64.4 cm³/mol. The van der Waals surface area contributed by atoms with Crippen LogP contribution in [-0.2, 0) is 0 Å². The van der Waals surface area contributed by atoms with Gasteiger partial charge in [0.15, 0.2) is 0 Å². The van der Waals surface area contributed by atoms with E-state index in [0.717, 1.165) is 23.3 Å². The van der Waals surface area contributed by atoms with Crippen molar-refractivity contribution in [2.24, 2.45) is 0 Å². The normalized spacial score (nSPS) is 10.1. The monoisotopic (exact) mass is 257 g/mol. The number of unbranched alkanes of at least 4 members (excludes halogenated alkanes) is 2. The molecule has 4 heteroatoms. The number of nitrogens with one attached hydrogen (secondary N) is 1. The van der Waals surface area contributed by atoms with E-state index >= 15 is 0 Å². The van der Waals surface area contributed by atoms with Crippen molar-refractivity contribution in [2.45, 2.75) is 26.2 Å². The first-order valence-corrected chi connectivity index (χ1v) is 5.68. The lowest BCUT2D eigenvalue weighted by Crippen LogP contribution is -2.05. The van der Waals surface area contributed by atoms with Crippen LogP contribution in [-0.4, -0.2) is 11.5 Å². The van der Waals surface area contributed by atoms with E-state index in [1.165, 1.54) is 12.8 Å². The van der Waals surface area contributed by atoms with Crippen LogP contribution in [0.4, 0.5) is 11.5 Å². The smallest absolute Gasteiger partial charge is 0.149 e. The van der Waals surface area contributed by atoms with Crippen LogP contribution in [0.5, 0.6) is 0 Å². The number of hydrogen-bond acceptors (Lipinski definition) is 3. The van der Waals surface area contributed by atoms with Crippen LogP contribution in [0, 0.1) is 0 Å². The van der Waals surface area contributed by atoms with Crippen LogP contribution in [0.2, 0.25) is 0 Å². The zero-order valence-corrected chi connectivity index (χ0v) is 9.97. The highest BCUT2D eigenvalue weighted by Crippen LogP contribution is 2.19. The molecule has 3 N–H and O–H groups in total. The average molecular weight is 258 g/mol. The first kappa shape index (κ1) is 11.3. The van der Waals surface area contributed by atoms with Crippen LogP contribution < -0.4 is 11.1 Å². The average Bonchev–Trinajstić information content (AvgIpc) is 2.15. The molecule has 0 aliphatic rings. The van der Waals surface area contributed by atoms with Gasteiger partial charge in [0.25, 0.3) is 0 Å². The zero-order chi connectivity index (χ0) is 10.4.